The van der Waals surface area contributed by atoms with Crippen LogP contribution in [0.5, 0.6) is 0 Å². The van der Waals surface area contributed by atoms with Gasteiger partial charge in [-0.2, -0.15) is 0 Å². The van der Waals surface area contributed by atoms with Crippen LogP contribution in [-0.4, -0.2) is 6.04 Å². The predicted octanol–water partition coefficient (Wildman–Crippen LogP) is 3.83. The summed E-state index contributed by atoms with van der Waals surface area (Å²) in [5, 5.41) is 3.74. The van der Waals surface area contributed by atoms with E-state index in [2.05, 4.69) is 65.1 Å². The zero-order valence-electron chi connectivity index (χ0n) is 12.0. The molecule has 2 rings (SSSR count). The number of nitrogens with one attached hydrogen (secondary N) is 1. The third kappa shape index (κ3) is 1.91. The van der Waals surface area contributed by atoms with Crippen molar-refractivity contribution in [3.63, 3.8) is 0 Å². The summed E-state index contributed by atoms with van der Waals surface area (Å²) in [6.45, 7) is 14.8. The zero-order valence-corrected chi connectivity index (χ0v) is 12.0. The molecule has 0 aromatic heterocycles. The molecule has 1 aliphatic rings. The molecule has 1 saturated carbocycles. The van der Waals surface area contributed by atoms with E-state index in [1.165, 1.54) is 16.7 Å². The molecule has 0 radical (unpaired) electrons. The smallest absolute Gasteiger partial charge is 0.0213 e. The van der Waals surface area contributed by atoms with E-state index in [1.54, 1.807) is 0 Å². The van der Waals surface area contributed by atoms with Crippen LogP contribution in [0.15, 0.2) is 18.2 Å². The molecule has 1 N–H and O–H groups in total. The number of hydrogen-bond acceptors (Lipinski definition) is 1. The number of rotatable bonds is 3. The molecule has 0 spiro atoms. The fraction of sp³-hybridized carbons (Fsp3) is 0.625. The van der Waals surface area contributed by atoms with E-state index in [9.17, 15) is 0 Å². The van der Waals surface area contributed by atoms with E-state index in [0.717, 1.165) is 6.54 Å². The van der Waals surface area contributed by atoms with Gasteiger partial charge in [0.15, 0.2) is 0 Å². The van der Waals surface area contributed by atoms with Crippen molar-refractivity contribution in [2.45, 2.75) is 54.1 Å². The highest BCUT2D eigenvalue weighted by Gasteiger charge is 2.64. The zero-order chi connectivity index (χ0) is 12.8. The van der Waals surface area contributed by atoms with Crippen molar-refractivity contribution >= 4 is 0 Å². The molecule has 0 bridgehead atoms. The minimum atomic E-state index is 0.420. The standard InChI is InChI=1S/C16H25N/c1-11-8-7-9-12(2)13(11)10-17-14-15(3,4)16(14,5)6/h7-9,14,17H,10H2,1-6H3. The van der Waals surface area contributed by atoms with Gasteiger partial charge in [0.2, 0.25) is 0 Å². The maximum absolute atomic E-state index is 3.74. The molecule has 0 unspecified atom stereocenters. The minimum absolute atomic E-state index is 0.420. The third-order valence-electron chi connectivity index (χ3n) is 5.15. The van der Waals surface area contributed by atoms with Crippen molar-refractivity contribution in [1.82, 2.24) is 5.32 Å². The van der Waals surface area contributed by atoms with E-state index in [1.807, 2.05) is 0 Å². The van der Waals surface area contributed by atoms with Crippen molar-refractivity contribution in [3.8, 4) is 0 Å². The summed E-state index contributed by atoms with van der Waals surface area (Å²) in [6, 6.07) is 7.17. The van der Waals surface area contributed by atoms with Gasteiger partial charge in [-0.15, -0.1) is 0 Å². The van der Waals surface area contributed by atoms with E-state index < -0.39 is 0 Å². The Morgan fingerprint density at radius 3 is 1.88 bits per heavy atom. The van der Waals surface area contributed by atoms with Crippen molar-refractivity contribution in [1.29, 1.82) is 0 Å². The molecule has 0 atom stereocenters. The van der Waals surface area contributed by atoms with E-state index in [0.29, 0.717) is 16.9 Å². The fourth-order valence-corrected chi connectivity index (χ4v) is 3.04. The maximum atomic E-state index is 3.74. The summed E-state index contributed by atoms with van der Waals surface area (Å²) < 4.78 is 0. The highest BCUT2D eigenvalue weighted by atomic mass is 15.0. The monoisotopic (exact) mass is 231 g/mol. The number of benzene rings is 1. The Balaban J connectivity index is 2.06. The van der Waals surface area contributed by atoms with Gasteiger partial charge in [-0.25, -0.2) is 0 Å². The molecule has 1 aromatic carbocycles. The van der Waals surface area contributed by atoms with Crippen molar-refractivity contribution in [2.24, 2.45) is 10.8 Å². The second-order valence-corrected chi connectivity index (χ2v) is 6.63. The Labute approximate surface area is 106 Å². The normalized spacial score (nSPS) is 21.5. The Hall–Kier alpha value is -0.820. The molecule has 0 amide bonds. The van der Waals surface area contributed by atoms with Crippen LogP contribution >= 0.6 is 0 Å². The van der Waals surface area contributed by atoms with Gasteiger partial charge < -0.3 is 5.32 Å². The lowest BCUT2D eigenvalue weighted by atomic mass is 10.0. The van der Waals surface area contributed by atoms with Crippen LogP contribution in [0, 0.1) is 24.7 Å². The van der Waals surface area contributed by atoms with Crippen LogP contribution in [0.2, 0.25) is 0 Å². The second-order valence-electron chi connectivity index (χ2n) is 6.63. The van der Waals surface area contributed by atoms with Gasteiger partial charge in [-0.1, -0.05) is 45.9 Å². The quantitative estimate of drug-likeness (QED) is 0.833. The van der Waals surface area contributed by atoms with E-state index >= 15 is 0 Å². The summed E-state index contributed by atoms with van der Waals surface area (Å²) in [5.74, 6) is 0. The molecule has 1 nitrogen and oxygen atoms in total. The van der Waals surface area contributed by atoms with Gasteiger partial charge in [-0.05, 0) is 41.4 Å². The van der Waals surface area contributed by atoms with Crippen molar-refractivity contribution < 1.29 is 0 Å². The first-order valence-electron chi connectivity index (χ1n) is 6.57. The largest absolute Gasteiger partial charge is 0.309 e. The molecule has 1 fully saturated rings. The fourth-order valence-electron chi connectivity index (χ4n) is 3.04. The number of aryl methyl sites for hydroxylation is 2. The van der Waals surface area contributed by atoms with Gasteiger partial charge >= 0.3 is 0 Å². The molecule has 17 heavy (non-hydrogen) atoms. The third-order valence-corrected chi connectivity index (χ3v) is 5.15. The van der Waals surface area contributed by atoms with Gasteiger partial charge in [0.1, 0.15) is 0 Å². The van der Waals surface area contributed by atoms with Crippen LogP contribution in [0.1, 0.15) is 44.4 Å². The summed E-state index contributed by atoms with van der Waals surface area (Å²) in [5.41, 5.74) is 5.10. The molecule has 0 aliphatic heterocycles. The lowest BCUT2D eigenvalue weighted by Gasteiger charge is -2.12. The molecule has 1 heteroatoms. The molecule has 0 heterocycles. The van der Waals surface area contributed by atoms with Crippen LogP contribution in [0.25, 0.3) is 0 Å². The number of hydrogen-bond donors (Lipinski definition) is 1. The summed E-state index contributed by atoms with van der Waals surface area (Å²) in [7, 11) is 0. The molecule has 94 valence electrons. The molecule has 1 aromatic rings. The Morgan fingerprint density at radius 2 is 1.47 bits per heavy atom. The molecule has 0 saturated heterocycles. The second kappa shape index (κ2) is 3.84. The van der Waals surface area contributed by atoms with Crippen molar-refractivity contribution in [3.05, 3.63) is 34.9 Å². The summed E-state index contributed by atoms with van der Waals surface area (Å²) in [6.07, 6.45) is 0. The summed E-state index contributed by atoms with van der Waals surface area (Å²) in [4.78, 5) is 0. The van der Waals surface area contributed by atoms with E-state index in [-0.39, 0.29) is 0 Å². The van der Waals surface area contributed by atoms with Crippen molar-refractivity contribution in [2.75, 3.05) is 0 Å². The van der Waals surface area contributed by atoms with E-state index in [4.69, 9.17) is 0 Å². The first-order valence-corrected chi connectivity index (χ1v) is 6.57. The van der Waals surface area contributed by atoms with Gasteiger partial charge in [0.05, 0.1) is 0 Å². The topological polar surface area (TPSA) is 12.0 Å². The SMILES string of the molecule is Cc1cccc(C)c1CNC1C(C)(C)C1(C)C. The first kappa shape index (κ1) is 12.6. The highest BCUT2D eigenvalue weighted by molar-refractivity contribution is 5.33. The van der Waals surface area contributed by atoms with Gasteiger partial charge in [0, 0.05) is 12.6 Å². The molecular formula is C16H25N. The van der Waals surface area contributed by atoms with Gasteiger partial charge in [-0.3, -0.25) is 0 Å². The minimum Gasteiger partial charge on any atom is -0.309 e. The Kier molecular flexibility index (Phi) is 2.86. The maximum Gasteiger partial charge on any atom is 0.0213 e. The highest BCUT2D eigenvalue weighted by Crippen LogP contribution is 2.62. The predicted molar refractivity (Wildman–Crippen MR) is 74.1 cm³/mol. The summed E-state index contributed by atoms with van der Waals surface area (Å²) >= 11 is 0. The molecular weight excluding hydrogens is 206 g/mol. The Morgan fingerprint density at radius 1 is 1.00 bits per heavy atom. The average Bonchev–Trinajstić information content (AvgIpc) is 2.59. The Bertz CT molecular complexity index is 395. The van der Waals surface area contributed by atoms with Crippen LogP contribution < -0.4 is 5.32 Å². The average molecular weight is 231 g/mol. The van der Waals surface area contributed by atoms with Crippen LogP contribution in [0.3, 0.4) is 0 Å². The molecule has 1 aliphatic carbocycles. The van der Waals surface area contributed by atoms with Crippen LogP contribution in [-0.2, 0) is 6.54 Å². The van der Waals surface area contributed by atoms with Crippen LogP contribution in [0.4, 0.5) is 0 Å². The first-order chi connectivity index (χ1) is 7.78. The lowest BCUT2D eigenvalue weighted by Crippen LogP contribution is -2.22. The lowest BCUT2D eigenvalue weighted by molar-refractivity contribution is 0.457. The van der Waals surface area contributed by atoms with Gasteiger partial charge in [0.25, 0.3) is 0 Å².